The van der Waals surface area contributed by atoms with Crippen LogP contribution in [0.25, 0.3) is 0 Å². The number of carbonyl (C=O) groups is 1. The van der Waals surface area contributed by atoms with Crippen LogP contribution in [0.4, 0.5) is 0 Å². The topological polar surface area (TPSA) is 60.0 Å². The molecule has 1 amide bonds. The van der Waals surface area contributed by atoms with E-state index in [-0.39, 0.29) is 5.91 Å². The summed E-state index contributed by atoms with van der Waals surface area (Å²) >= 11 is 2.08. The number of nitrogens with zero attached hydrogens (tertiary/aromatic N) is 3. The maximum absolute atomic E-state index is 11.5. The van der Waals surface area contributed by atoms with Crippen molar-refractivity contribution in [3.05, 3.63) is 0 Å². The van der Waals surface area contributed by atoms with Gasteiger partial charge in [-0.1, -0.05) is 12.8 Å². The summed E-state index contributed by atoms with van der Waals surface area (Å²) < 4.78 is 0. The van der Waals surface area contributed by atoms with E-state index >= 15 is 0 Å². The zero-order chi connectivity index (χ0) is 18.4. The molecule has 148 valence electrons. The van der Waals surface area contributed by atoms with Gasteiger partial charge in [-0.2, -0.15) is 11.8 Å². The molecular formula is C19H35N5OS. The zero-order valence-electron chi connectivity index (χ0n) is 16.4. The van der Waals surface area contributed by atoms with E-state index in [1.165, 1.54) is 50.3 Å². The number of likely N-dealkylation sites (tertiary alicyclic amines) is 1. The fourth-order valence-electron chi connectivity index (χ4n) is 4.65. The Morgan fingerprint density at radius 1 is 1.15 bits per heavy atom. The number of rotatable bonds is 4. The van der Waals surface area contributed by atoms with Crippen LogP contribution < -0.4 is 10.6 Å². The van der Waals surface area contributed by atoms with Crippen molar-refractivity contribution in [2.24, 2.45) is 4.99 Å². The molecule has 0 atom stereocenters. The maximum Gasteiger partial charge on any atom is 0.219 e. The van der Waals surface area contributed by atoms with E-state index in [0.29, 0.717) is 11.6 Å². The number of carbonyl (C=O) groups excluding carboxylic acids is 1. The van der Waals surface area contributed by atoms with Crippen LogP contribution in [0.1, 0.15) is 45.4 Å². The quantitative estimate of drug-likeness (QED) is 0.571. The van der Waals surface area contributed by atoms with Gasteiger partial charge in [0.2, 0.25) is 5.91 Å². The first-order valence-corrected chi connectivity index (χ1v) is 11.3. The fraction of sp³-hybridized carbons (Fsp3) is 0.895. The molecule has 0 aromatic rings. The molecule has 0 aromatic carbocycles. The molecule has 6 nitrogen and oxygen atoms in total. The van der Waals surface area contributed by atoms with Crippen molar-refractivity contribution in [3.8, 4) is 0 Å². The number of guanidine groups is 1. The lowest BCUT2D eigenvalue weighted by Crippen LogP contribution is -2.58. The summed E-state index contributed by atoms with van der Waals surface area (Å²) in [5, 5.41) is 7.23. The maximum atomic E-state index is 11.5. The Morgan fingerprint density at radius 3 is 2.38 bits per heavy atom. The van der Waals surface area contributed by atoms with Crippen LogP contribution in [0.3, 0.4) is 0 Å². The van der Waals surface area contributed by atoms with Crippen LogP contribution in [0.5, 0.6) is 0 Å². The van der Waals surface area contributed by atoms with Crippen LogP contribution in [0.15, 0.2) is 4.99 Å². The summed E-state index contributed by atoms with van der Waals surface area (Å²) in [6, 6.07) is 0.405. The first-order chi connectivity index (χ1) is 12.6. The Kier molecular flexibility index (Phi) is 7.09. The van der Waals surface area contributed by atoms with E-state index in [1.807, 2.05) is 11.9 Å². The summed E-state index contributed by atoms with van der Waals surface area (Å²) in [7, 11) is 1.86. The lowest BCUT2D eigenvalue weighted by Gasteiger charge is -2.44. The molecule has 3 fully saturated rings. The van der Waals surface area contributed by atoms with Gasteiger partial charge in [0, 0.05) is 69.8 Å². The average molecular weight is 382 g/mol. The van der Waals surface area contributed by atoms with Crippen molar-refractivity contribution in [2.45, 2.75) is 57.0 Å². The molecule has 26 heavy (non-hydrogen) atoms. The normalized spacial score (nSPS) is 25.3. The molecule has 3 rings (SSSR count). The highest BCUT2D eigenvalue weighted by molar-refractivity contribution is 7.99. The third-order valence-corrected chi connectivity index (χ3v) is 7.25. The zero-order valence-corrected chi connectivity index (χ0v) is 17.2. The molecule has 3 aliphatic rings. The SMILES string of the molecule is CN=C(NCC1(N2CCSCC2)CCCC1)NC1CCN(C(C)=O)CC1. The van der Waals surface area contributed by atoms with Gasteiger partial charge in [0.25, 0.3) is 0 Å². The van der Waals surface area contributed by atoms with Crippen LogP contribution in [-0.2, 0) is 4.79 Å². The average Bonchev–Trinajstić information content (AvgIpc) is 3.16. The van der Waals surface area contributed by atoms with Gasteiger partial charge in [-0.3, -0.25) is 14.7 Å². The van der Waals surface area contributed by atoms with E-state index in [1.54, 1.807) is 6.92 Å². The molecule has 2 heterocycles. The van der Waals surface area contributed by atoms with Gasteiger partial charge >= 0.3 is 0 Å². The fourth-order valence-corrected chi connectivity index (χ4v) is 5.55. The second kappa shape index (κ2) is 9.31. The monoisotopic (exact) mass is 381 g/mol. The lowest BCUT2D eigenvalue weighted by atomic mass is 9.94. The molecule has 0 bridgehead atoms. The van der Waals surface area contributed by atoms with E-state index in [4.69, 9.17) is 0 Å². The number of hydrogen-bond donors (Lipinski definition) is 2. The van der Waals surface area contributed by atoms with Crippen molar-refractivity contribution in [1.82, 2.24) is 20.4 Å². The predicted octanol–water partition coefficient (Wildman–Crippen LogP) is 1.52. The minimum absolute atomic E-state index is 0.189. The predicted molar refractivity (Wildman–Crippen MR) is 110 cm³/mol. The molecule has 2 saturated heterocycles. The number of hydrogen-bond acceptors (Lipinski definition) is 4. The third-order valence-electron chi connectivity index (χ3n) is 6.31. The number of nitrogens with one attached hydrogen (secondary N) is 2. The molecule has 0 spiro atoms. The summed E-state index contributed by atoms with van der Waals surface area (Å²) in [5.74, 6) is 3.64. The highest BCUT2D eigenvalue weighted by Gasteiger charge is 2.40. The second-order valence-electron chi connectivity index (χ2n) is 7.88. The van der Waals surface area contributed by atoms with E-state index in [0.717, 1.165) is 38.4 Å². The molecule has 0 unspecified atom stereocenters. The standard InChI is InChI=1S/C19H35N5OS/c1-16(25)23-9-5-17(6-10-23)22-18(20-2)21-15-19(7-3-4-8-19)24-11-13-26-14-12-24/h17H,3-15H2,1-2H3,(H2,20,21,22). The van der Waals surface area contributed by atoms with E-state index < -0.39 is 0 Å². The Labute approximate surface area is 162 Å². The Morgan fingerprint density at radius 2 is 1.81 bits per heavy atom. The lowest BCUT2D eigenvalue weighted by molar-refractivity contribution is -0.129. The van der Waals surface area contributed by atoms with Crippen LogP contribution in [0.2, 0.25) is 0 Å². The van der Waals surface area contributed by atoms with E-state index in [9.17, 15) is 4.79 Å². The van der Waals surface area contributed by atoms with Crippen molar-refractivity contribution in [1.29, 1.82) is 0 Å². The Hall–Kier alpha value is -0.950. The van der Waals surface area contributed by atoms with E-state index in [2.05, 4.69) is 32.3 Å². The smallest absolute Gasteiger partial charge is 0.219 e. The number of aliphatic imine (C=N–C) groups is 1. The van der Waals surface area contributed by atoms with Crippen LogP contribution in [-0.4, -0.2) is 84.5 Å². The second-order valence-corrected chi connectivity index (χ2v) is 9.11. The number of piperidine rings is 1. The molecule has 7 heteroatoms. The van der Waals surface area contributed by atoms with Crippen LogP contribution in [0, 0.1) is 0 Å². The molecule has 2 N–H and O–H groups in total. The van der Waals surface area contributed by atoms with Crippen molar-refractivity contribution >= 4 is 23.6 Å². The first kappa shape index (κ1) is 19.8. The highest BCUT2D eigenvalue weighted by atomic mass is 32.2. The van der Waals surface area contributed by atoms with Gasteiger partial charge in [-0.25, -0.2) is 0 Å². The Balaban J connectivity index is 1.50. The minimum Gasteiger partial charge on any atom is -0.355 e. The molecule has 2 aliphatic heterocycles. The number of thioether (sulfide) groups is 1. The molecule has 0 aromatic heterocycles. The van der Waals surface area contributed by atoms with Crippen LogP contribution >= 0.6 is 11.8 Å². The Bertz CT molecular complexity index is 492. The largest absolute Gasteiger partial charge is 0.355 e. The summed E-state index contributed by atoms with van der Waals surface area (Å²) in [4.78, 5) is 20.6. The van der Waals surface area contributed by atoms with Gasteiger partial charge in [-0.15, -0.1) is 0 Å². The van der Waals surface area contributed by atoms with Gasteiger partial charge in [0.15, 0.2) is 5.96 Å². The van der Waals surface area contributed by atoms with Gasteiger partial charge in [-0.05, 0) is 25.7 Å². The van der Waals surface area contributed by atoms with Crippen molar-refractivity contribution in [3.63, 3.8) is 0 Å². The first-order valence-electron chi connectivity index (χ1n) is 10.2. The van der Waals surface area contributed by atoms with Crippen molar-refractivity contribution in [2.75, 3.05) is 51.3 Å². The molecule has 1 aliphatic carbocycles. The highest BCUT2D eigenvalue weighted by Crippen LogP contribution is 2.36. The molecule has 1 saturated carbocycles. The van der Waals surface area contributed by atoms with Gasteiger partial charge < -0.3 is 15.5 Å². The number of amides is 1. The molecule has 0 radical (unpaired) electrons. The van der Waals surface area contributed by atoms with Gasteiger partial charge in [0.1, 0.15) is 0 Å². The minimum atomic E-state index is 0.189. The molecular weight excluding hydrogens is 346 g/mol. The van der Waals surface area contributed by atoms with Gasteiger partial charge in [0.05, 0.1) is 0 Å². The summed E-state index contributed by atoms with van der Waals surface area (Å²) in [6.07, 6.45) is 7.29. The summed E-state index contributed by atoms with van der Waals surface area (Å²) in [5.41, 5.74) is 0.316. The van der Waals surface area contributed by atoms with Crippen molar-refractivity contribution < 1.29 is 4.79 Å². The summed E-state index contributed by atoms with van der Waals surface area (Å²) in [6.45, 7) is 6.79. The third kappa shape index (κ3) is 4.85.